The number of phenolic OH excluding ortho intramolecular Hbond substituents is 2. The molecule has 0 aromatic heterocycles. The van der Waals surface area contributed by atoms with Crippen LogP contribution in [-0.4, -0.2) is 23.3 Å². The fourth-order valence-corrected chi connectivity index (χ4v) is 1.53. The molecular formula is C16H17FO4. The lowest BCUT2D eigenvalue weighted by atomic mass is 10.1. The highest BCUT2D eigenvalue weighted by Crippen LogP contribution is 2.19. The predicted molar refractivity (Wildman–Crippen MR) is 76.9 cm³/mol. The van der Waals surface area contributed by atoms with E-state index in [9.17, 15) is 9.18 Å². The maximum Gasteiger partial charge on any atom is 0.337 e. The quantitative estimate of drug-likeness (QED) is 0.658. The van der Waals surface area contributed by atoms with Crippen LogP contribution in [0.15, 0.2) is 42.5 Å². The third-order valence-electron chi connectivity index (χ3n) is 2.69. The van der Waals surface area contributed by atoms with Crippen molar-refractivity contribution in [1.82, 2.24) is 0 Å². The summed E-state index contributed by atoms with van der Waals surface area (Å²) in [5.74, 6) is -1.72. The highest BCUT2D eigenvalue weighted by Gasteiger charge is 2.03. The number of rotatable bonds is 2. The van der Waals surface area contributed by atoms with Crippen molar-refractivity contribution in [3.8, 4) is 11.5 Å². The summed E-state index contributed by atoms with van der Waals surface area (Å²) in [5.41, 5.74) is 1.77. The molecule has 0 aliphatic carbocycles. The standard InChI is InChI=1S/C10H12O2.C6H5FO2/c1-3-8-5-4-6-9(7-8)10(11)12-2;7-5-3-4(8)1-2-6(5)9/h4-7H,3H2,1-2H3;1-3,8-9H. The molecule has 5 heteroatoms. The first kappa shape index (κ1) is 16.5. The van der Waals surface area contributed by atoms with E-state index in [4.69, 9.17) is 10.2 Å². The molecule has 0 radical (unpaired) electrons. The van der Waals surface area contributed by atoms with Crippen molar-refractivity contribution in [1.29, 1.82) is 0 Å². The van der Waals surface area contributed by atoms with E-state index in [1.807, 2.05) is 18.2 Å². The summed E-state index contributed by atoms with van der Waals surface area (Å²) >= 11 is 0. The largest absolute Gasteiger partial charge is 0.508 e. The van der Waals surface area contributed by atoms with Crippen LogP contribution in [-0.2, 0) is 11.2 Å². The monoisotopic (exact) mass is 292 g/mol. The van der Waals surface area contributed by atoms with Gasteiger partial charge in [-0.3, -0.25) is 0 Å². The van der Waals surface area contributed by atoms with Crippen LogP contribution in [0.1, 0.15) is 22.8 Å². The fraction of sp³-hybridized carbons (Fsp3) is 0.188. The first-order valence-electron chi connectivity index (χ1n) is 6.32. The van der Waals surface area contributed by atoms with Crippen molar-refractivity contribution in [3.05, 3.63) is 59.4 Å². The third kappa shape index (κ3) is 5.14. The number of carbonyl (C=O) groups is 1. The molecular weight excluding hydrogens is 275 g/mol. The van der Waals surface area contributed by atoms with Gasteiger partial charge >= 0.3 is 5.97 Å². The Labute approximate surface area is 122 Å². The van der Waals surface area contributed by atoms with Gasteiger partial charge in [-0.25, -0.2) is 9.18 Å². The van der Waals surface area contributed by atoms with Gasteiger partial charge in [0.1, 0.15) is 5.75 Å². The molecule has 2 aromatic carbocycles. The van der Waals surface area contributed by atoms with Gasteiger partial charge in [0.05, 0.1) is 12.7 Å². The highest BCUT2D eigenvalue weighted by molar-refractivity contribution is 5.89. The van der Waals surface area contributed by atoms with Gasteiger partial charge in [0.15, 0.2) is 11.6 Å². The highest BCUT2D eigenvalue weighted by atomic mass is 19.1. The first-order chi connectivity index (χ1) is 9.97. The molecule has 112 valence electrons. The number of aromatic hydroxyl groups is 2. The number of benzene rings is 2. The zero-order chi connectivity index (χ0) is 15.8. The minimum absolute atomic E-state index is 0.190. The van der Waals surface area contributed by atoms with Crippen LogP contribution in [0.25, 0.3) is 0 Å². The summed E-state index contributed by atoms with van der Waals surface area (Å²) in [6, 6.07) is 10.6. The Kier molecular flexibility index (Phi) is 6.20. The number of hydrogen-bond acceptors (Lipinski definition) is 4. The summed E-state index contributed by atoms with van der Waals surface area (Å²) in [5, 5.41) is 17.1. The molecule has 0 aliphatic heterocycles. The molecule has 0 amide bonds. The average molecular weight is 292 g/mol. The number of phenols is 2. The number of aryl methyl sites for hydroxylation is 1. The van der Waals surface area contributed by atoms with Crippen LogP contribution in [0.2, 0.25) is 0 Å². The van der Waals surface area contributed by atoms with Crippen LogP contribution in [0.3, 0.4) is 0 Å². The van der Waals surface area contributed by atoms with E-state index in [0.29, 0.717) is 5.56 Å². The summed E-state index contributed by atoms with van der Waals surface area (Å²) in [6.07, 6.45) is 0.935. The van der Waals surface area contributed by atoms with Crippen molar-refractivity contribution in [3.63, 3.8) is 0 Å². The first-order valence-corrected chi connectivity index (χ1v) is 6.32. The van der Waals surface area contributed by atoms with E-state index < -0.39 is 11.6 Å². The Balaban J connectivity index is 0.000000219. The molecule has 2 aromatic rings. The van der Waals surface area contributed by atoms with Crippen molar-refractivity contribution < 1.29 is 24.1 Å². The van der Waals surface area contributed by atoms with Gasteiger partial charge in [0, 0.05) is 6.07 Å². The summed E-state index contributed by atoms with van der Waals surface area (Å²) in [7, 11) is 1.39. The van der Waals surface area contributed by atoms with Gasteiger partial charge in [-0.2, -0.15) is 0 Å². The molecule has 4 nitrogen and oxygen atoms in total. The van der Waals surface area contributed by atoms with Gasteiger partial charge in [-0.05, 0) is 36.2 Å². The molecule has 0 aliphatic rings. The smallest absolute Gasteiger partial charge is 0.337 e. The zero-order valence-corrected chi connectivity index (χ0v) is 11.8. The van der Waals surface area contributed by atoms with Gasteiger partial charge in [-0.1, -0.05) is 19.1 Å². The summed E-state index contributed by atoms with van der Waals surface area (Å²) < 4.78 is 16.8. The lowest BCUT2D eigenvalue weighted by Crippen LogP contribution is -2.01. The number of halogens is 1. The zero-order valence-electron chi connectivity index (χ0n) is 11.8. The molecule has 0 unspecified atom stereocenters. The van der Waals surface area contributed by atoms with Crippen molar-refractivity contribution in [2.45, 2.75) is 13.3 Å². The second-order valence-electron chi connectivity index (χ2n) is 4.18. The second kappa shape index (κ2) is 7.89. The van der Waals surface area contributed by atoms with Gasteiger partial charge in [0.25, 0.3) is 0 Å². The lowest BCUT2D eigenvalue weighted by molar-refractivity contribution is 0.0600. The van der Waals surface area contributed by atoms with Crippen molar-refractivity contribution >= 4 is 5.97 Å². The molecule has 2 N–H and O–H groups in total. The number of carbonyl (C=O) groups excluding carboxylic acids is 1. The molecule has 0 fully saturated rings. The van der Waals surface area contributed by atoms with E-state index in [1.54, 1.807) is 6.07 Å². The molecule has 0 saturated carbocycles. The van der Waals surface area contributed by atoms with E-state index in [-0.39, 0.29) is 11.7 Å². The molecule has 0 spiro atoms. The Morgan fingerprint density at radius 2 is 1.90 bits per heavy atom. The molecule has 0 bridgehead atoms. The minimum Gasteiger partial charge on any atom is -0.508 e. The lowest BCUT2D eigenvalue weighted by Gasteiger charge is -2.00. The predicted octanol–water partition coefficient (Wildman–Crippen LogP) is 3.27. The molecule has 0 heterocycles. The molecule has 0 saturated heterocycles. The van der Waals surface area contributed by atoms with E-state index >= 15 is 0 Å². The van der Waals surface area contributed by atoms with E-state index in [2.05, 4.69) is 11.7 Å². The Hall–Kier alpha value is -2.56. The number of esters is 1. The van der Waals surface area contributed by atoms with E-state index in [1.165, 1.54) is 13.2 Å². The second-order valence-corrected chi connectivity index (χ2v) is 4.18. The van der Waals surface area contributed by atoms with Crippen LogP contribution in [0, 0.1) is 5.82 Å². The molecule has 2 rings (SSSR count). The topological polar surface area (TPSA) is 66.8 Å². The van der Waals surface area contributed by atoms with E-state index in [0.717, 1.165) is 24.1 Å². The number of hydrogen-bond donors (Lipinski definition) is 2. The number of ether oxygens (including phenoxy) is 1. The van der Waals surface area contributed by atoms with Crippen molar-refractivity contribution in [2.75, 3.05) is 7.11 Å². The number of methoxy groups -OCH3 is 1. The SMILES string of the molecule is CCc1cccc(C(=O)OC)c1.Oc1ccc(O)c(F)c1. The third-order valence-corrected chi connectivity index (χ3v) is 2.69. The summed E-state index contributed by atoms with van der Waals surface area (Å²) in [6.45, 7) is 2.05. The van der Waals surface area contributed by atoms with Crippen LogP contribution >= 0.6 is 0 Å². The Bertz CT molecular complexity index is 611. The van der Waals surface area contributed by atoms with Crippen LogP contribution in [0.4, 0.5) is 4.39 Å². The summed E-state index contributed by atoms with van der Waals surface area (Å²) in [4.78, 5) is 11.1. The Morgan fingerprint density at radius 1 is 1.19 bits per heavy atom. The van der Waals surface area contributed by atoms with Crippen LogP contribution < -0.4 is 0 Å². The maximum atomic E-state index is 12.2. The van der Waals surface area contributed by atoms with Crippen LogP contribution in [0.5, 0.6) is 11.5 Å². The van der Waals surface area contributed by atoms with Gasteiger partial charge < -0.3 is 14.9 Å². The molecule has 0 atom stereocenters. The average Bonchev–Trinajstić information content (AvgIpc) is 2.51. The van der Waals surface area contributed by atoms with Gasteiger partial charge in [-0.15, -0.1) is 0 Å². The molecule has 21 heavy (non-hydrogen) atoms. The fourth-order valence-electron chi connectivity index (χ4n) is 1.53. The minimum atomic E-state index is -0.810. The maximum absolute atomic E-state index is 12.2. The van der Waals surface area contributed by atoms with Crippen molar-refractivity contribution in [2.24, 2.45) is 0 Å². The normalized spacial score (nSPS) is 9.48. The Morgan fingerprint density at radius 3 is 2.43 bits per heavy atom. The van der Waals surface area contributed by atoms with Gasteiger partial charge in [0.2, 0.25) is 0 Å².